The van der Waals surface area contributed by atoms with Crippen molar-refractivity contribution in [2.75, 3.05) is 6.54 Å². The molecule has 1 atom stereocenters. The average molecular weight is 290 g/mol. The molecule has 0 bridgehead atoms. The Balaban J connectivity index is 2.70. The molecule has 0 aliphatic rings. The molecule has 1 unspecified atom stereocenters. The second-order valence-corrected chi connectivity index (χ2v) is 6.36. The molecule has 84 valence electrons. The lowest BCUT2D eigenvalue weighted by Gasteiger charge is -2.15. The zero-order valence-corrected chi connectivity index (χ0v) is 11.6. The zero-order chi connectivity index (χ0) is 11.4. The molecular formula is C11H16BrNOS. The van der Waals surface area contributed by atoms with Gasteiger partial charge in [-0.15, -0.1) is 11.3 Å². The quantitative estimate of drug-likeness (QED) is 0.902. The summed E-state index contributed by atoms with van der Waals surface area (Å²) in [5, 5.41) is 3.31. The lowest BCUT2D eigenvalue weighted by Crippen LogP contribution is -2.30. The summed E-state index contributed by atoms with van der Waals surface area (Å²) in [4.78, 5) is 12.6. The van der Waals surface area contributed by atoms with Gasteiger partial charge in [-0.3, -0.25) is 4.79 Å². The van der Waals surface area contributed by atoms with Gasteiger partial charge in [0.15, 0.2) is 0 Å². The van der Waals surface area contributed by atoms with Crippen LogP contribution >= 0.6 is 27.3 Å². The van der Waals surface area contributed by atoms with Crippen molar-refractivity contribution >= 4 is 33.0 Å². The van der Waals surface area contributed by atoms with Gasteiger partial charge in [0.05, 0.1) is 9.70 Å². The Labute approximate surface area is 103 Å². The predicted molar refractivity (Wildman–Crippen MR) is 68.6 cm³/mol. The number of hydrogen-bond donors (Lipinski definition) is 1. The van der Waals surface area contributed by atoms with E-state index in [1.54, 1.807) is 18.3 Å². The third-order valence-corrected chi connectivity index (χ3v) is 3.90. The zero-order valence-electron chi connectivity index (χ0n) is 9.21. The summed E-state index contributed by atoms with van der Waals surface area (Å²) in [7, 11) is 0. The van der Waals surface area contributed by atoms with E-state index in [0.717, 1.165) is 15.2 Å². The van der Waals surface area contributed by atoms with Crippen molar-refractivity contribution in [3.63, 3.8) is 0 Å². The summed E-state index contributed by atoms with van der Waals surface area (Å²) in [5.74, 6) is 0.209. The minimum Gasteiger partial charge on any atom is -0.313 e. The van der Waals surface area contributed by atoms with Gasteiger partial charge in [-0.2, -0.15) is 0 Å². The standard InChI is InChI=1S/C11H16BrNOS/c1-7(2)13-6-9(8(3)14)10-4-5-11(12)15-10/h4-5,7,9,13H,6H2,1-3H3. The highest BCUT2D eigenvalue weighted by atomic mass is 79.9. The molecule has 4 heteroatoms. The molecule has 0 saturated carbocycles. The number of thiophene rings is 1. The topological polar surface area (TPSA) is 29.1 Å². The molecule has 2 nitrogen and oxygen atoms in total. The molecule has 0 saturated heterocycles. The van der Waals surface area contributed by atoms with Gasteiger partial charge in [-0.1, -0.05) is 13.8 Å². The van der Waals surface area contributed by atoms with Crippen LogP contribution in [0.5, 0.6) is 0 Å². The Hall–Kier alpha value is -0.190. The van der Waals surface area contributed by atoms with Crippen LogP contribution in [0.25, 0.3) is 0 Å². The lowest BCUT2D eigenvalue weighted by atomic mass is 10.0. The van der Waals surface area contributed by atoms with Gasteiger partial charge in [-0.05, 0) is 35.0 Å². The number of rotatable bonds is 5. The van der Waals surface area contributed by atoms with E-state index in [0.29, 0.717) is 6.04 Å². The number of hydrogen-bond acceptors (Lipinski definition) is 3. The minimum atomic E-state index is -0.0105. The maximum Gasteiger partial charge on any atom is 0.139 e. The number of nitrogens with one attached hydrogen (secondary N) is 1. The molecule has 0 aliphatic heterocycles. The molecule has 15 heavy (non-hydrogen) atoms. The number of carbonyl (C=O) groups is 1. The van der Waals surface area contributed by atoms with Gasteiger partial charge in [0.25, 0.3) is 0 Å². The largest absolute Gasteiger partial charge is 0.313 e. The first kappa shape index (κ1) is 12.9. The van der Waals surface area contributed by atoms with Gasteiger partial charge < -0.3 is 5.32 Å². The maximum absolute atomic E-state index is 11.5. The summed E-state index contributed by atoms with van der Waals surface area (Å²) in [6.45, 7) is 6.54. The van der Waals surface area contributed by atoms with Crippen molar-refractivity contribution in [2.24, 2.45) is 0 Å². The first-order valence-corrected chi connectivity index (χ1v) is 6.60. The van der Waals surface area contributed by atoms with Crippen LogP contribution in [-0.2, 0) is 4.79 Å². The van der Waals surface area contributed by atoms with E-state index in [9.17, 15) is 4.79 Å². The van der Waals surface area contributed by atoms with E-state index in [4.69, 9.17) is 0 Å². The summed E-state index contributed by atoms with van der Waals surface area (Å²) >= 11 is 5.05. The van der Waals surface area contributed by atoms with Gasteiger partial charge in [0.1, 0.15) is 5.78 Å². The van der Waals surface area contributed by atoms with Gasteiger partial charge in [0.2, 0.25) is 0 Å². The monoisotopic (exact) mass is 289 g/mol. The van der Waals surface area contributed by atoms with Gasteiger partial charge in [-0.25, -0.2) is 0 Å². The predicted octanol–water partition coefficient (Wildman–Crippen LogP) is 3.18. The first-order valence-electron chi connectivity index (χ1n) is 4.99. The summed E-state index contributed by atoms with van der Waals surface area (Å²) in [6.07, 6.45) is 0. The highest BCUT2D eigenvalue weighted by molar-refractivity contribution is 9.11. The Bertz CT molecular complexity index is 335. The van der Waals surface area contributed by atoms with E-state index in [1.165, 1.54) is 0 Å². The van der Waals surface area contributed by atoms with E-state index in [2.05, 4.69) is 35.1 Å². The molecule has 0 amide bonds. The van der Waals surface area contributed by atoms with Crippen molar-refractivity contribution in [3.8, 4) is 0 Å². The fourth-order valence-electron chi connectivity index (χ4n) is 1.31. The molecule has 1 heterocycles. The van der Waals surface area contributed by atoms with E-state index in [-0.39, 0.29) is 11.7 Å². The van der Waals surface area contributed by atoms with Crippen LogP contribution in [0.4, 0.5) is 0 Å². The fourth-order valence-corrected chi connectivity index (χ4v) is 2.90. The summed E-state index contributed by atoms with van der Waals surface area (Å²) in [6, 6.07) is 4.42. The van der Waals surface area contributed by atoms with Crippen molar-refractivity contribution in [1.82, 2.24) is 5.32 Å². The van der Waals surface area contributed by atoms with Crippen LogP contribution in [-0.4, -0.2) is 18.4 Å². The van der Waals surface area contributed by atoms with Crippen LogP contribution in [0.15, 0.2) is 15.9 Å². The SMILES string of the molecule is CC(=O)C(CNC(C)C)c1ccc(Br)s1. The smallest absolute Gasteiger partial charge is 0.139 e. The average Bonchev–Trinajstić information content (AvgIpc) is 2.51. The minimum absolute atomic E-state index is 0.0105. The molecule has 1 N–H and O–H groups in total. The molecule has 1 aromatic heterocycles. The number of ketones is 1. The van der Waals surface area contributed by atoms with Crippen LogP contribution in [0.2, 0.25) is 0 Å². The number of carbonyl (C=O) groups excluding carboxylic acids is 1. The van der Waals surface area contributed by atoms with Crippen molar-refractivity contribution in [3.05, 3.63) is 20.8 Å². The van der Waals surface area contributed by atoms with E-state index >= 15 is 0 Å². The van der Waals surface area contributed by atoms with Crippen LogP contribution in [0, 0.1) is 0 Å². The third kappa shape index (κ3) is 4.05. The van der Waals surface area contributed by atoms with Crippen molar-refractivity contribution in [2.45, 2.75) is 32.7 Å². The Morgan fingerprint density at radius 3 is 2.60 bits per heavy atom. The van der Waals surface area contributed by atoms with Crippen molar-refractivity contribution in [1.29, 1.82) is 0 Å². The second kappa shape index (κ2) is 5.77. The highest BCUT2D eigenvalue weighted by Gasteiger charge is 2.18. The molecule has 1 aromatic rings. The van der Waals surface area contributed by atoms with Crippen LogP contribution in [0.1, 0.15) is 31.6 Å². The Morgan fingerprint density at radius 2 is 2.20 bits per heavy atom. The van der Waals surface area contributed by atoms with E-state index < -0.39 is 0 Å². The first-order chi connectivity index (χ1) is 7.00. The van der Waals surface area contributed by atoms with Crippen LogP contribution < -0.4 is 5.32 Å². The Kier molecular flexibility index (Phi) is 4.96. The molecule has 0 radical (unpaired) electrons. The molecule has 0 fully saturated rings. The fraction of sp³-hybridized carbons (Fsp3) is 0.545. The van der Waals surface area contributed by atoms with E-state index in [1.807, 2.05) is 12.1 Å². The molecule has 0 aromatic carbocycles. The molecule has 0 spiro atoms. The number of halogens is 1. The second-order valence-electron chi connectivity index (χ2n) is 3.87. The molecule has 1 rings (SSSR count). The number of Topliss-reactive ketones (excluding diaryl/α,β-unsaturated/α-hetero) is 1. The van der Waals surface area contributed by atoms with Gasteiger partial charge in [0, 0.05) is 17.5 Å². The summed E-state index contributed by atoms with van der Waals surface area (Å²) in [5.41, 5.74) is 0. The highest BCUT2D eigenvalue weighted by Crippen LogP contribution is 2.28. The Morgan fingerprint density at radius 1 is 1.53 bits per heavy atom. The normalized spacial score (nSPS) is 13.1. The van der Waals surface area contributed by atoms with Crippen LogP contribution in [0.3, 0.4) is 0 Å². The van der Waals surface area contributed by atoms with Crippen molar-refractivity contribution < 1.29 is 4.79 Å². The maximum atomic E-state index is 11.5. The lowest BCUT2D eigenvalue weighted by molar-refractivity contribution is -0.118. The molecular weight excluding hydrogens is 274 g/mol. The van der Waals surface area contributed by atoms with Gasteiger partial charge >= 0.3 is 0 Å². The summed E-state index contributed by atoms with van der Waals surface area (Å²) < 4.78 is 1.08. The molecule has 0 aliphatic carbocycles. The third-order valence-electron chi connectivity index (χ3n) is 2.16.